The van der Waals surface area contributed by atoms with E-state index in [1.165, 1.54) is 0 Å². The summed E-state index contributed by atoms with van der Waals surface area (Å²) in [6.45, 7) is 10.3. The summed E-state index contributed by atoms with van der Waals surface area (Å²) in [6, 6.07) is 0. The van der Waals surface area contributed by atoms with Gasteiger partial charge in [0.05, 0.1) is 11.7 Å². The van der Waals surface area contributed by atoms with Crippen LogP contribution in [0.4, 0.5) is 0 Å². The molecule has 2 nitrogen and oxygen atoms in total. The molecule has 2 heteroatoms. The Kier molecular flexibility index (Phi) is 1.86. The number of methoxy groups -OCH3 is 1. The molecule has 1 aliphatic carbocycles. The molecule has 0 saturated heterocycles. The molecular formula is C10H20O2. The van der Waals surface area contributed by atoms with E-state index in [9.17, 15) is 5.11 Å². The molecule has 0 radical (unpaired) electrons. The predicted octanol–water partition coefficient (Wildman–Crippen LogP) is 1.82. The maximum absolute atomic E-state index is 9.89. The molecule has 72 valence electrons. The van der Waals surface area contributed by atoms with Crippen molar-refractivity contribution >= 4 is 0 Å². The van der Waals surface area contributed by atoms with Crippen LogP contribution < -0.4 is 0 Å². The van der Waals surface area contributed by atoms with E-state index in [2.05, 4.69) is 6.92 Å². The van der Waals surface area contributed by atoms with Crippen LogP contribution in [0.3, 0.4) is 0 Å². The Morgan fingerprint density at radius 2 is 1.33 bits per heavy atom. The first-order valence-corrected chi connectivity index (χ1v) is 4.45. The van der Waals surface area contributed by atoms with Crippen molar-refractivity contribution in [3.8, 4) is 0 Å². The first-order valence-electron chi connectivity index (χ1n) is 4.45. The van der Waals surface area contributed by atoms with Crippen molar-refractivity contribution in [1.29, 1.82) is 0 Å². The zero-order valence-electron chi connectivity index (χ0n) is 8.93. The van der Waals surface area contributed by atoms with Gasteiger partial charge in [0.2, 0.25) is 0 Å². The SMILES string of the molecule is COC1(C)C(C)(C)C(O)C1(C)C. The number of ether oxygens (including phenoxy) is 1. The number of hydrogen-bond donors (Lipinski definition) is 1. The summed E-state index contributed by atoms with van der Waals surface area (Å²) in [5.74, 6) is 0. The van der Waals surface area contributed by atoms with Crippen LogP contribution in [-0.2, 0) is 4.74 Å². The van der Waals surface area contributed by atoms with Gasteiger partial charge in [0, 0.05) is 17.9 Å². The Hall–Kier alpha value is -0.0800. The first-order chi connectivity index (χ1) is 5.22. The minimum absolute atomic E-state index is 0.148. The molecular weight excluding hydrogens is 152 g/mol. The smallest absolute Gasteiger partial charge is 0.0801 e. The number of aliphatic hydroxyl groups excluding tert-OH is 1. The molecule has 0 aliphatic heterocycles. The zero-order chi connectivity index (χ0) is 9.78. The predicted molar refractivity (Wildman–Crippen MR) is 49.0 cm³/mol. The van der Waals surface area contributed by atoms with E-state index in [4.69, 9.17) is 4.74 Å². The summed E-state index contributed by atoms with van der Waals surface area (Å²) in [5.41, 5.74) is -0.518. The van der Waals surface area contributed by atoms with Crippen molar-refractivity contribution in [2.75, 3.05) is 7.11 Å². The summed E-state index contributed by atoms with van der Waals surface area (Å²) in [7, 11) is 1.72. The summed E-state index contributed by atoms with van der Waals surface area (Å²) in [6.07, 6.45) is -0.282. The lowest BCUT2D eigenvalue weighted by molar-refractivity contribution is -0.320. The highest BCUT2D eigenvalue weighted by molar-refractivity contribution is 5.19. The lowest BCUT2D eigenvalue weighted by Gasteiger charge is -2.68. The highest BCUT2D eigenvalue weighted by atomic mass is 16.5. The zero-order valence-corrected chi connectivity index (χ0v) is 8.93. The lowest BCUT2D eigenvalue weighted by Crippen LogP contribution is -2.75. The second kappa shape index (κ2) is 2.24. The molecule has 0 aromatic heterocycles. The third kappa shape index (κ3) is 0.728. The van der Waals surface area contributed by atoms with Gasteiger partial charge >= 0.3 is 0 Å². The standard InChI is InChI=1S/C10H20O2/c1-8(2)7(11)9(3,4)10(8,5)12-6/h7,11H,1-6H3. The average Bonchev–Trinajstić information content (AvgIpc) is 2.00. The van der Waals surface area contributed by atoms with Crippen molar-refractivity contribution in [3.63, 3.8) is 0 Å². The second-order valence-corrected chi connectivity index (χ2v) is 5.08. The van der Waals surface area contributed by atoms with Gasteiger partial charge in [0.15, 0.2) is 0 Å². The van der Waals surface area contributed by atoms with Gasteiger partial charge in [-0.05, 0) is 6.92 Å². The minimum Gasteiger partial charge on any atom is -0.392 e. The van der Waals surface area contributed by atoms with Crippen LogP contribution in [0.25, 0.3) is 0 Å². The summed E-state index contributed by atoms with van der Waals surface area (Å²) in [4.78, 5) is 0. The summed E-state index contributed by atoms with van der Waals surface area (Å²) in [5, 5.41) is 9.89. The van der Waals surface area contributed by atoms with Crippen LogP contribution in [0, 0.1) is 10.8 Å². The van der Waals surface area contributed by atoms with E-state index in [0.29, 0.717) is 0 Å². The Morgan fingerprint density at radius 3 is 1.50 bits per heavy atom. The number of aliphatic hydroxyl groups is 1. The first kappa shape index (κ1) is 10.0. The quantitative estimate of drug-likeness (QED) is 0.653. The molecule has 1 rings (SSSR count). The Balaban J connectivity index is 3.02. The van der Waals surface area contributed by atoms with Crippen molar-refractivity contribution in [2.45, 2.75) is 46.3 Å². The molecule has 0 spiro atoms. The molecule has 1 aliphatic rings. The second-order valence-electron chi connectivity index (χ2n) is 5.08. The maximum Gasteiger partial charge on any atom is 0.0801 e. The molecule has 12 heavy (non-hydrogen) atoms. The average molecular weight is 172 g/mol. The van der Waals surface area contributed by atoms with E-state index in [1.807, 2.05) is 27.7 Å². The molecule has 0 aromatic carbocycles. The number of rotatable bonds is 1. The molecule has 0 bridgehead atoms. The van der Waals surface area contributed by atoms with Gasteiger partial charge in [-0.3, -0.25) is 0 Å². The molecule has 1 fully saturated rings. The van der Waals surface area contributed by atoms with Gasteiger partial charge in [0.1, 0.15) is 0 Å². The summed E-state index contributed by atoms with van der Waals surface area (Å²) >= 11 is 0. The van der Waals surface area contributed by atoms with E-state index < -0.39 is 0 Å². The topological polar surface area (TPSA) is 29.5 Å². The van der Waals surface area contributed by atoms with Gasteiger partial charge in [0.25, 0.3) is 0 Å². The normalized spacial score (nSPS) is 43.8. The van der Waals surface area contributed by atoms with Gasteiger partial charge in [-0.2, -0.15) is 0 Å². The number of hydrogen-bond acceptors (Lipinski definition) is 2. The third-order valence-electron chi connectivity index (χ3n) is 4.23. The molecule has 1 saturated carbocycles. The van der Waals surface area contributed by atoms with Crippen molar-refractivity contribution < 1.29 is 9.84 Å². The van der Waals surface area contributed by atoms with E-state index in [-0.39, 0.29) is 22.5 Å². The molecule has 0 unspecified atom stereocenters. The Labute approximate surface area is 74.9 Å². The highest BCUT2D eigenvalue weighted by Crippen LogP contribution is 2.62. The highest BCUT2D eigenvalue weighted by Gasteiger charge is 2.70. The van der Waals surface area contributed by atoms with Gasteiger partial charge in [-0.25, -0.2) is 0 Å². The fraction of sp³-hybridized carbons (Fsp3) is 1.00. The van der Waals surface area contributed by atoms with Crippen LogP contribution in [0.5, 0.6) is 0 Å². The van der Waals surface area contributed by atoms with Crippen LogP contribution in [0.1, 0.15) is 34.6 Å². The van der Waals surface area contributed by atoms with Crippen LogP contribution in [0.2, 0.25) is 0 Å². The molecule has 1 N–H and O–H groups in total. The van der Waals surface area contributed by atoms with Crippen LogP contribution in [0.15, 0.2) is 0 Å². The largest absolute Gasteiger partial charge is 0.392 e. The van der Waals surface area contributed by atoms with Crippen molar-refractivity contribution in [2.24, 2.45) is 10.8 Å². The van der Waals surface area contributed by atoms with E-state index >= 15 is 0 Å². The van der Waals surface area contributed by atoms with Crippen LogP contribution in [-0.4, -0.2) is 23.9 Å². The molecule has 0 heterocycles. The van der Waals surface area contributed by atoms with E-state index in [0.717, 1.165) is 0 Å². The van der Waals surface area contributed by atoms with Gasteiger partial charge in [-0.1, -0.05) is 27.7 Å². The Bertz CT molecular complexity index is 178. The molecule has 0 amide bonds. The fourth-order valence-electron chi connectivity index (χ4n) is 2.70. The molecule has 0 atom stereocenters. The third-order valence-corrected chi connectivity index (χ3v) is 4.23. The molecule has 0 aromatic rings. The van der Waals surface area contributed by atoms with Crippen LogP contribution >= 0.6 is 0 Å². The fourth-order valence-corrected chi connectivity index (χ4v) is 2.70. The maximum atomic E-state index is 9.89. The van der Waals surface area contributed by atoms with E-state index in [1.54, 1.807) is 7.11 Å². The van der Waals surface area contributed by atoms with Gasteiger partial charge in [-0.15, -0.1) is 0 Å². The van der Waals surface area contributed by atoms with Crippen molar-refractivity contribution in [1.82, 2.24) is 0 Å². The minimum atomic E-state index is -0.282. The van der Waals surface area contributed by atoms with Crippen molar-refractivity contribution in [3.05, 3.63) is 0 Å². The van der Waals surface area contributed by atoms with Gasteiger partial charge < -0.3 is 9.84 Å². The monoisotopic (exact) mass is 172 g/mol. The summed E-state index contributed by atoms with van der Waals surface area (Å²) < 4.78 is 5.51. The Morgan fingerprint density at radius 1 is 1.00 bits per heavy atom. The lowest BCUT2D eigenvalue weighted by atomic mass is 9.43.